The summed E-state index contributed by atoms with van der Waals surface area (Å²) in [6.45, 7) is 8.78. The Kier molecular flexibility index (Phi) is 2.91. The van der Waals surface area contributed by atoms with Crippen molar-refractivity contribution in [1.29, 1.82) is 0 Å². The molecular formula is C10H19NO. The van der Waals surface area contributed by atoms with Crippen LogP contribution in [0.4, 0.5) is 0 Å². The summed E-state index contributed by atoms with van der Waals surface area (Å²) in [4.78, 5) is 2.25. The number of β-amino-alcohol motifs (C(OH)–C–C–N with tert-alkyl or cyclic N) is 1. The molecule has 1 atom stereocenters. The van der Waals surface area contributed by atoms with Crippen molar-refractivity contribution in [3.8, 4) is 0 Å². The highest BCUT2D eigenvalue weighted by atomic mass is 16.3. The highest BCUT2D eigenvalue weighted by Crippen LogP contribution is 2.18. The van der Waals surface area contributed by atoms with Gasteiger partial charge in [-0.25, -0.2) is 0 Å². The average Bonchev–Trinajstić information content (AvgIpc) is 2.38. The number of hydrogen-bond donors (Lipinski definition) is 1. The molecule has 0 aromatic heterocycles. The van der Waals surface area contributed by atoms with Crippen molar-refractivity contribution in [1.82, 2.24) is 4.90 Å². The van der Waals surface area contributed by atoms with Gasteiger partial charge in [0.2, 0.25) is 0 Å². The summed E-state index contributed by atoms with van der Waals surface area (Å²) in [5.74, 6) is 0.318. The van der Waals surface area contributed by atoms with Gasteiger partial charge in [-0.05, 0) is 12.8 Å². The lowest BCUT2D eigenvalue weighted by atomic mass is 9.92. The summed E-state index contributed by atoms with van der Waals surface area (Å²) in [7, 11) is 0. The van der Waals surface area contributed by atoms with Crippen molar-refractivity contribution < 1.29 is 5.11 Å². The van der Waals surface area contributed by atoms with Gasteiger partial charge in [-0.15, -0.1) is 0 Å². The van der Waals surface area contributed by atoms with Crippen LogP contribution in [0.2, 0.25) is 0 Å². The van der Waals surface area contributed by atoms with E-state index in [2.05, 4.69) is 30.9 Å². The fourth-order valence-electron chi connectivity index (χ4n) is 1.29. The van der Waals surface area contributed by atoms with Crippen molar-refractivity contribution in [2.75, 3.05) is 19.6 Å². The molecule has 0 spiro atoms. The van der Waals surface area contributed by atoms with E-state index < -0.39 is 5.60 Å². The van der Waals surface area contributed by atoms with Crippen LogP contribution in [0, 0.1) is 5.92 Å². The molecule has 1 aliphatic heterocycles. The predicted molar refractivity (Wildman–Crippen MR) is 51.0 cm³/mol. The van der Waals surface area contributed by atoms with E-state index in [1.165, 1.54) is 0 Å². The Morgan fingerprint density at radius 3 is 2.33 bits per heavy atom. The van der Waals surface area contributed by atoms with Gasteiger partial charge in [-0.1, -0.05) is 26.0 Å². The smallest absolute Gasteiger partial charge is 0.0769 e. The maximum absolute atomic E-state index is 9.98. The zero-order chi connectivity index (χ0) is 9.19. The lowest BCUT2D eigenvalue weighted by Gasteiger charge is -2.32. The first-order chi connectivity index (χ1) is 5.52. The molecule has 1 heterocycles. The molecule has 1 unspecified atom stereocenters. The Labute approximate surface area is 74.9 Å². The lowest BCUT2D eigenvalue weighted by molar-refractivity contribution is -0.0124. The molecule has 0 bridgehead atoms. The molecule has 1 rings (SSSR count). The van der Waals surface area contributed by atoms with Crippen molar-refractivity contribution in [3.63, 3.8) is 0 Å². The van der Waals surface area contributed by atoms with Crippen LogP contribution >= 0.6 is 0 Å². The molecule has 0 aromatic carbocycles. The van der Waals surface area contributed by atoms with E-state index in [0.29, 0.717) is 5.92 Å². The minimum absolute atomic E-state index is 0.318. The molecule has 0 saturated carbocycles. The van der Waals surface area contributed by atoms with Gasteiger partial charge in [0.15, 0.2) is 0 Å². The maximum atomic E-state index is 9.98. The van der Waals surface area contributed by atoms with Gasteiger partial charge < -0.3 is 5.11 Å². The fraction of sp³-hybridized carbons (Fsp3) is 0.800. The third-order valence-corrected chi connectivity index (χ3v) is 2.68. The first-order valence-electron chi connectivity index (χ1n) is 4.62. The molecule has 0 aromatic rings. The van der Waals surface area contributed by atoms with Gasteiger partial charge in [0.25, 0.3) is 0 Å². The highest BCUT2D eigenvalue weighted by molar-refractivity contribution is 4.97. The van der Waals surface area contributed by atoms with Crippen molar-refractivity contribution in [2.24, 2.45) is 5.92 Å². The van der Waals surface area contributed by atoms with E-state index >= 15 is 0 Å². The molecule has 1 aliphatic rings. The highest BCUT2D eigenvalue weighted by Gasteiger charge is 2.27. The quantitative estimate of drug-likeness (QED) is 0.643. The van der Waals surface area contributed by atoms with Crippen molar-refractivity contribution in [2.45, 2.75) is 26.4 Å². The van der Waals surface area contributed by atoms with Gasteiger partial charge in [-0.2, -0.15) is 0 Å². The average molecular weight is 169 g/mol. The summed E-state index contributed by atoms with van der Waals surface area (Å²) in [5, 5.41) is 9.98. The first-order valence-corrected chi connectivity index (χ1v) is 4.62. The van der Waals surface area contributed by atoms with Crippen LogP contribution in [0.25, 0.3) is 0 Å². The minimum Gasteiger partial charge on any atom is -0.389 e. The molecule has 2 heteroatoms. The molecule has 0 saturated heterocycles. The van der Waals surface area contributed by atoms with E-state index in [-0.39, 0.29) is 0 Å². The van der Waals surface area contributed by atoms with Gasteiger partial charge >= 0.3 is 0 Å². The second-order valence-corrected chi connectivity index (χ2v) is 4.18. The number of rotatable bonds is 3. The Hall–Kier alpha value is -0.340. The number of aliphatic hydroxyl groups is 1. The van der Waals surface area contributed by atoms with Gasteiger partial charge in [-0.3, -0.25) is 4.90 Å². The van der Waals surface area contributed by atoms with Crippen LogP contribution in [0.3, 0.4) is 0 Å². The normalized spacial score (nSPS) is 23.4. The second-order valence-electron chi connectivity index (χ2n) is 4.18. The second kappa shape index (κ2) is 3.58. The fourth-order valence-corrected chi connectivity index (χ4v) is 1.29. The molecular weight excluding hydrogens is 150 g/mol. The van der Waals surface area contributed by atoms with Crippen LogP contribution in [0.5, 0.6) is 0 Å². The molecule has 12 heavy (non-hydrogen) atoms. The first kappa shape index (κ1) is 9.75. The van der Waals surface area contributed by atoms with Gasteiger partial charge in [0.05, 0.1) is 5.60 Å². The number of nitrogens with zero attached hydrogens (tertiary/aromatic N) is 1. The summed E-state index contributed by atoms with van der Waals surface area (Å²) in [5.41, 5.74) is -0.550. The SMILES string of the molecule is CC(C)C(C)(O)CN1CC=CC1. The summed E-state index contributed by atoms with van der Waals surface area (Å²) < 4.78 is 0. The van der Waals surface area contributed by atoms with Gasteiger partial charge in [0.1, 0.15) is 0 Å². The molecule has 0 fully saturated rings. The Balaban J connectivity index is 2.38. The Bertz CT molecular complexity index is 165. The third-order valence-electron chi connectivity index (χ3n) is 2.68. The van der Waals surface area contributed by atoms with E-state index in [1.807, 2.05) is 6.92 Å². The molecule has 0 amide bonds. The van der Waals surface area contributed by atoms with Crippen LogP contribution in [0.1, 0.15) is 20.8 Å². The summed E-state index contributed by atoms with van der Waals surface area (Å²) >= 11 is 0. The Morgan fingerprint density at radius 1 is 1.42 bits per heavy atom. The monoisotopic (exact) mass is 169 g/mol. The predicted octanol–water partition coefficient (Wildman–Crippen LogP) is 1.27. The molecule has 0 aliphatic carbocycles. The zero-order valence-corrected chi connectivity index (χ0v) is 8.25. The number of hydrogen-bond acceptors (Lipinski definition) is 2. The molecule has 70 valence electrons. The standard InChI is InChI=1S/C10H19NO/c1-9(2)10(3,12)8-11-6-4-5-7-11/h4-5,9,12H,6-8H2,1-3H3. The van der Waals surface area contributed by atoms with Crippen molar-refractivity contribution >= 4 is 0 Å². The summed E-state index contributed by atoms with van der Waals surface area (Å²) in [6.07, 6.45) is 4.30. The van der Waals surface area contributed by atoms with Crippen LogP contribution in [-0.4, -0.2) is 35.2 Å². The van der Waals surface area contributed by atoms with Crippen LogP contribution < -0.4 is 0 Å². The minimum atomic E-state index is -0.550. The lowest BCUT2D eigenvalue weighted by Crippen LogP contribution is -2.43. The van der Waals surface area contributed by atoms with Crippen LogP contribution in [0.15, 0.2) is 12.2 Å². The zero-order valence-electron chi connectivity index (χ0n) is 8.25. The molecule has 2 nitrogen and oxygen atoms in total. The van der Waals surface area contributed by atoms with Gasteiger partial charge in [0, 0.05) is 19.6 Å². The maximum Gasteiger partial charge on any atom is 0.0769 e. The van der Waals surface area contributed by atoms with Crippen LogP contribution in [-0.2, 0) is 0 Å². The van der Waals surface area contributed by atoms with E-state index in [4.69, 9.17) is 0 Å². The third kappa shape index (κ3) is 2.32. The molecule has 0 radical (unpaired) electrons. The Morgan fingerprint density at radius 2 is 1.92 bits per heavy atom. The molecule has 1 N–H and O–H groups in total. The van der Waals surface area contributed by atoms with E-state index in [1.54, 1.807) is 0 Å². The van der Waals surface area contributed by atoms with E-state index in [0.717, 1.165) is 19.6 Å². The largest absolute Gasteiger partial charge is 0.389 e. The topological polar surface area (TPSA) is 23.5 Å². The summed E-state index contributed by atoms with van der Waals surface area (Å²) in [6, 6.07) is 0. The van der Waals surface area contributed by atoms with E-state index in [9.17, 15) is 5.11 Å². The van der Waals surface area contributed by atoms with Crippen molar-refractivity contribution in [3.05, 3.63) is 12.2 Å².